The Kier molecular flexibility index (Phi) is 5.22. The van der Waals surface area contributed by atoms with Crippen LogP contribution in [0.3, 0.4) is 0 Å². The molecule has 7 heteroatoms. The van der Waals surface area contributed by atoms with Crippen molar-refractivity contribution < 1.29 is 4.79 Å². The summed E-state index contributed by atoms with van der Waals surface area (Å²) >= 11 is 1.66. The average Bonchev–Trinajstić information content (AvgIpc) is 2.62. The fourth-order valence-corrected chi connectivity index (χ4v) is 2.98. The molecule has 1 heterocycles. The van der Waals surface area contributed by atoms with Gasteiger partial charge >= 0.3 is 0 Å². The van der Waals surface area contributed by atoms with E-state index in [1.807, 2.05) is 30.3 Å². The summed E-state index contributed by atoms with van der Waals surface area (Å²) in [4.78, 5) is 25.4. The van der Waals surface area contributed by atoms with Crippen LogP contribution in [0.25, 0.3) is 10.9 Å². The molecule has 3 aromatic rings. The SMILES string of the molecule is O=C(Cn1nnc2ccccc2c1=O)NCCSc1ccccc1. The van der Waals surface area contributed by atoms with Gasteiger partial charge in [0.25, 0.3) is 5.56 Å². The second-order valence-corrected chi connectivity index (χ2v) is 6.25. The Bertz CT molecular complexity index is 896. The van der Waals surface area contributed by atoms with E-state index < -0.39 is 0 Å². The minimum Gasteiger partial charge on any atom is -0.354 e. The number of hydrogen-bond donors (Lipinski definition) is 1. The van der Waals surface area contributed by atoms with Crippen LogP contribution in [0.4, 0.5) is 0 Å². The molecule has 0 aliphatic carbocycles. The number of fused-ring (bicyclic) bond motifs is 1. The lowest BCUT2D eigenvalue weighted by atomic mass is 10.2. The number of nitrogens with one attached hydrogen (secondary N) is 1. The predicted molar refractivity (Wildman–Crippen MR) is 94.0 cm³/mol. The number of carbonyl (C=O) groups is 1. The van der Waals surface area contributed by atoms with Crippen LogP contribution in [0.5, 0.6) is 0 Å². The van der Waals surface area contributed by atoms with Crippen LogP contribution in [-0.4, -0.2) is 33.2 Å². The first-order valence-corrected chi connectivity index (χ1v) is 8.50. The summed E-state index contributed by atoms with van der Waals surface area (Å²) in [5, 5.41) is 11.0. The summed E-state index contributed by atoms with van der Waals surface area (Å²) in [6, 6.07) is 16.9. The van der Waals surface area contributed by atoms with Crippen LogP contribution in [-0.2, 0) is 11.3 Å². The largest absolute Gasteiger partial charge is 0.354 e. The van der Waals surface area contributed by atoms with Gasteiger partial charge in [0.1, 0.15) is 12.1 Å². The van der Waals surface area contributed by atoms with Gasteiger partial charge in [-0.1, -0.05) is 35.5 Å². The zero-order valence-electron chi connectivity index (χ0n) is 12.9. The Morgan fingerprint density at radius 3 is 2.67 bits per heavy atom. The van der Waals surface area contributed by atoms with Crippen LogP contribution in [0.2, 0.25) is 0 Å². The van der Waals surface area contributed by atoms with Gasteiger partial charge in [-0.3, -0.25) is 9.59 Å². The third-order valence-electron chi connectivity index (χ3n) is 3.36. The number of hydrogen-bond acceptors (Lipinski definition) is 5. The first kappa shape index (κ1) is 16.2. The van der Waals surface area contributed by atoms with Crippen LogP contribution in [0.15, 0.2) is 64.3 Å². The fourth-order valence-electron chi connectivity index (χ4n) is 2.19. The molecule has 6 nitrogen and oxygen atoms in total. The molecule has 0 saturated carbocycles. The summed E-state index contributed by atoms with van der Waals surface area (Å²) in [6.07, 6.45) is 0. The number of amides is 1. The monoisotopic (exact) mass is 340 g/mol. The van der Waals surface area contributed by atoms with Gasteiger partial charge in [-0.2, -0.15) is 0 Å². The molecule has 2 aromatic carbocycles. The minimum atomic E-state index is -0.311. The van der Waals surface area contributed by atoms with Gasteiger partial charge in [-0.05, 0) is 24.3 Å². The van der Waals surface area contributed by atoms with Gasteiger partial charge in [-0.15, -0.1) is 16.9 Å². The van der Waals surface area contributed by atoms with Crippen LogP contribution in [0.1, 0.15) is 0 Å². The number of rotatable bonds is 6. The number of thioether (sulfide) groups is 1. The van der Waals surface area contributed by atoms with E-state index in [4.69, 9.17) is 0 Å². The van der Waals surface area contributed by atoms with Crippen molar-refractivity contribution >= 4 is 28.6 Å². The van der Waals surface area contributed by atoms with Crippen molar-refractivity contribution in [3.8, 4) is 0 Å². The van der Waals surface area contributed by atoms with Crippen molar-refractivity contribution in [3.05, 3.63) is 65.0 Å². The number of nitrogens with zero attached hydrogens (tertiary/aromatic N) is 3. The lowest BCUT2D eigenvalue weighted by molar-refractivity contribution is -0.121. The van der Waals surface area contributed by atoms with Gasteiger partial charge < -0.3 is 5.32 Å². The Balaban J connectivity index is 1.53. The Morgan fingerprint density at radius 2 is 1.83 bits per heavy atom. The number of carbonyl (C=O) groups excluding carboxylic acids is 1. The van der Waals surface area contributed by atoms with E-state index in [1.54, 1.807) is 36.0 Å². The lowest BCUT2D eigenvalue weighted by Gasteiger charge is -2.06. The van der Waals surface area contributed by atoms with Crippen LogP contribution in [0, 0.1) is 0 Å². The van der Waals surface area contributed by atoms with Gasteiger partial charge in [-0.25, -0.2) is 4.68 Å². The van der Waals surface area contributed by atoms with Gasteiger partial charge in [0, 0.05) is 17.2 Å². The second-order valence-electron chi connectivity index (χ2n) is 5.08. The highest BCUT2D eigenvalue weighted by Crippen LogP contribution is 2.15. The highest BCUT2D eigenvalue weighted by Gasteiger charge is 2.08. The molecular formula is C17H16N4O2S. The zero-order valence-corrected chi connectivity index (χ0v) is 13.7. The first-order valence-electron chi connectivity index (χ1n) is 7.51. The van der Waals surface area contributed by atoms with Crippen molar-refractivity contribution in [3.63, 3.8) is 0 Å². The van der Waals surface area contributed by atoms with Gasteiger partial charge in [0.15, 0.2) is 0 Å². The van der Waals surface area contributed by atoms with Crippen molar-refractivity contribution in [2.75, 3.05) is 12.3 Å². The lowest BCUT2D eigenvalue weighted by Crippen LogP contribution is -2.35. The topological polar surface area (TPSA) is 76.9 Å². The average molecular weight is 340 g/mol. The van der Waals surface area contributed by atoms with E-state index in [9.17, 15) is 9.59 Å². The molecule has 1 amide bonds. The summed E-state index contributed by atoms with van der Waals surface area (Å²) in [7, 11) is 0. The molecule has 3 rings (SSSR count). The summed E-state index contributed by atoms with van der Waals surface area (Å²) < 4.78 is 1.09. The third-order valence-corrected chi connectivity index (χ3v) is 4.37. The Hall–Kier alpha value is -2.67. The molecular weight excluding hydrogens is 324 g/mol. The molecule has 0 fully saturated rings. The quantitative estimate of drug-likeness (QED) is 0.546. The van der Waals surface area contributed by atoms with Crippen molar-refractivity contribution in [1.29, 1.82) is 0 Å². The Morgan fingerprint density at radius 1 is 1.08 bits per heavy atom. The molecule has 24 heavy (non-hydrogen) atoms. The number of aromatic nitrogens is 3. The highest BCUT2D eigenvalue weighted by atomic mass is 32.2. The Labute approximate surface area is 142 Å². The van der Waals surface area contributed by atoms with Crippen molar-refractivity contribution in [2.45, 2.75) is 11.4 Å². The van der Waals surface area contributed by atoms with Gasteiger partial charge in [0.05, 0.1) is 5.39 Å². The van der Waals surface area contributed by atoms with E-state index in [0.717, 1.165) is 15.3 Å². The highest BCUT2D eigenvalue weighted by molar-refractivity contribution is 7.99. The van der Waals surface area contributed by atoms with Gasteiger partial charge in [0.2, 0.25) is 5.91 Å². The van der Waals surface area contributed by atoms with Crippen molar-refractivity contribution in [2.24, 2.45) is 0 Å². The van der Waals surface area contributed by atoms with E-state index >= 15 is 0 Å². The summed E-state index contributed by atoms with van der Waals surface area (Å²) in [5.74, 6) is 0.504. The fraction of sp³-hybridized carbons (Fsp3) is 0.176. The van der Waals surface area contributed by atoms with Crippen LogP contribution < -0.4 is 10.9 Å². The third kappa shape index (κ3) is 3.99. The maximum Gasteiger partial charge on any atom is 0.278 e. The standard InChI is InChI=1S/C17H16N4O2S/c22-16(18-10-11-24-13-6-2-1-3-7-13)12-21-17(23)14-8-4-5-9-15(14)19-20-21/h1-9H,10-12H2,(H,18,22). The molecule has 0 bridgehead atoms. The maximum atomic E-state index is 12.3. The zero-order chi connectivity index (χ0) is 16.8. The molecule has 1 N–H and O–H groups in total. The molecule has 0 spiro atoms. The minimum absolute atomic E-state index is 0.132. The van der Waals surface area contributed by atoms with Crippen LogP contribution >= 0.6 is 11.8 Å². The number of benzene rings is 2. The first-order chi connectivity index (χ1) is 11.7. The van der Waals surface area contributed by atoms with E-state index in [2.05, 4.69) is 15.6 Å². The van der Waals surface area contributed by atoms with E-state index in [0.29, 0.717) is 17.4 Å². The molecule has 122 valence electrons. The summed E-state index contributed by atoms with van der Waals surface area (Å²) in [5.41, 5.74) is 0.216. The summed E-state index contributed by atoms with van der Waals surface area (Å²) in [6.45, 7) is 0.390. The maximum absolute atomic E-state index is 12.3. The molecule has 0 atom stereocenters. The molecule has 0 saturated heterocycles. The molecule has 0 aliphatic heterocycles. The normalized spacial score (nSPS) is 10.7. The molecule has 1 aromatic heterocycles. The predicted octanol–water partition coefficient (Wildman–Crippen LogP) is 1.70. The smallest absolute Gasteiger partial charge is 0.278 e. The van der Waals surface area contributed by atoms with E-state index in [1.165, 1.54) is 0 Å². The second kappa shape index (κ2) is 7.74. The van der Waals surface area contributed by atoms with Crippen molar-refractivity contribution in [1.82, 2.24) is 20.3 Å². The molecule has 0 unspecified atom stereocenters. The van der Waals surface area contributed by atoms with E-state index in [-0.39, 0.29) is 18.0 Å². The molecule has 0 aliphatic rings. The molecule has 0 radical (unpaired) electrons.